The van der Waals surface area contributed by atoms with Crippen molar-refractivity contribution in [1.82, 2.24) is 14.9 Å². The zero-order valence-corrected chi connectivity index (χ0v) is 11.3. The van der Waals surface area contributed by atoms with E-state index in [1.807, 2.05) is 18.4 Å². The fraction of sp³-hybridized carbons (Fsp3) is 0.300. The number of aromatic nitrogens is 3. The summed E-state index contributed by atoms with van der Waals surface area (Å²) in [6, 6.07) is 1.95. The van der Waals surface area contributed by atoms with E-state index in [0.29, 0.717) is 5.16 Å². The first-order chi connectivity index (χ1) is 8.63. The monoisotopic (exact) mass is 288 g/mol. The van der Waals surface area contributed by atoms with Crippen molar-refractivity contribution in [3.63, 3.8) is 0 Å². The molecule has 0 aliphatic heterocycles. The van der Waals surface area contributed by atoms with Crippen LogP contribution in [0.1, 0.15) is 22.7 Å². The lowest BCUT2D eigenvalue weighted by Crippen LogP contribution is -2.00. The normalized spacial score (nSPS) is 11.8. The highest BCUT2D eigenvalue weighted by Crippen LogP contribution is 2.22. The zero-order chi connectivity index (χ0) is 13.1. The van der Waals surface area contributed by atoms with Crippen LogP contribution in [-0.2, 0) is 0 Å². The number of rotatable bonds is 4. The number of aryl methyl sites for hydroxylation is 1. The Morgan fingerprint density at radius 1 is 1.50 bits per heavy atom. The summed E-state index contributed by atoms with van der Waals surface area (Å²) in [7, 11) is 0. The lowest BCUT2D eigenvalue weighted by atomic mass is 10.3. The number of nitrogens with zero attached hydrogens (tertiary/aromatic N) is 4. The first-order valence-corrected chi connectivity index (χ1v) is 7.10. The Balaban J connectivity index is 2.35. The highest BCUT2D eigenvalue weighted by atomic mass is 32.2. The van der Waals surface area contributed by atoms with Gasteiger partial charge in [0.2, 0.25) is 11.0 Å². The molecule has 0 fully saturated rings. The molecular weight excluding hydrogens is 278 g/mol. The molecule has 0 amide bonds. The van der Waals surface area contributed by atoms with Crippen LogP contribution in [0.3, 0.4) is 0 Å². The maximum absolute atomic E-state index is 12.7. The zero-order valence-electron chi connectivity index (χ0n) is 9.67. The number of halogens is 2. The van der Waals surface area contributed by atoms with Crippen LogP contribution in [0.5, 0.6) is 0 Å². The van der Waals surface area contributed by atoms with Crippen LogP contribution in [-0.4, -0.2) is 27.3 Å². The predicted molar refractivity (Wildman–Crippen MR) is 68.8 cm³/mol. The number of thiophene rings is 1. The van der Waals surface area contributed by atoms with Gasteiger partial charge in [-0.3, -0.25) is 0 Å². The standard InChI is InChI=1S/C10H10F2N4S2/c1-6-3-4-18-7(6)5-13-16-9(8(11)12)14-15-10(16)17-2/h3-5,8H,1-2H3/b13-5-. The van der Waals surface area contributed by atoms with Crippen molar-refractivity contribution in [2.75, 3.05) is 6.26 Å². The number of alkyl halides is 2. The molecule has 0 aliphatic carbocycles. The van der Waals surface area contributed by atoms with E-state index in [9.17, 15) is 8.78 Å². The van der Waals surface area contributed by atoms with E-state index >= 15 is 0 Å². The Morgan fingerprint density at radius 2 is 2.28 bits per heavy atom. The van der Waals surface area contributed by atoms with Crippen molar-refractivity contribution < 1.29 is 8.78 Å². The molecule has 0 atom stereocenters. The minimum atomic E-state index is -2.69. The molecule has 2 aromatic heterocycles. The minimum absolute atomic E-state index is 0.343. The molecule has 2 rings (SSSR count). The first-order valence-electron chi connectivity index (χ1n) is 4.99. The maximum Gasteiger partial charge on any atom is 0.299 e. The molecule has 0 saturated carbocycles. The van der Waals surface area contributed by atoms with Crippen LogP contribution < -0.4 is 0 Å². The van der Waals surface area contributed by atoms with Gasteiger partial charge < -0.3 is 0 Å². The molecule has 0 aromatic carbocycles. The second-order valence-electron chi connectivity index (χ2n) is 3.37. The highest BCUT2D eigenvalue weighted by Gasteiger charge is 2.19. The van der Waals surface area contributed by atoms with Gasteiger partial charge in [-0.2, -0.15) is 9.78 Å². The van der Waals surface area contributed by atoms with Crippen LogP contribution in [0.4, 0.5) is 8.78 Å². The van der Waals surface area contributed by atoms with Crippen molar-refractivity contribution in [1.29, 1.82) is 0 Å². The smallest absolute Gasteiger partial charge is 0.201 e. The summed E-state index contributed by atoms with van der Waals surface area (Å²) in [6.45, 7) is 1.94. The molecule has 0 aliphatic rings. The van der Waals surface area contributed by atoms with Crippen LogP contribution >= 0.6 is 23.1 Å². The second-order valence-corrected chi connectivity index (χ2v) is 5.09. The van der Waals surface area contributed by atoms with E-state index in [-0.39, 0.29) is 0 Å². The second kappa shape index (κ2) is 5.57. The van der Waals surface area contributed by atoms with E-state index in [4.69, 9.17) is 0 Å². The predicted octanol–water partition coefficient (Wildman–Crippen LogP) is 3.19. The summed E-state index contributed by atoms with van der Waals surface area (Å²) in [5, 5.41) is 13.4. The van der Waals surface area contributed by atoms with Crippen LogP contribution in [0.25, 0.3) is 0 Å². The summed E-state index contributed by atoms with van der Waals surface area (Å²) in [6.07, 6.45) is 0.594. The third kappa shape index (κ3) is 2.59. The molecule has 2 aromatic rings. The van der Waals surface area contributed by atoms with Gasteiger partial charge >= 0.3 is 0 Å². The summed E-state index contributed by atoms with van der Waals surface area (Å²) >= 11 is 2.72. The molecule has 0 spiro atoms. The summed E-state index contributed by atoms with van der Waals surface area (Å²) in [4.78, 5) is 0.927. The van der Waals surface area contributed by atoms with Gasteiger partial charge in [0.25, 0.3) is 6.43 Å². The lowest BCUT2D eigenvalue weighted by Gasteiger charge is -2.01. The molecule has 96 valence electrons. The molecule has 18 heavy (non-hydrogen) atoms. The summed E-state index contributed by atoms with van der Waals surface area (Å²) in [5.74, 6) is -0.440. The summed E-state index contributed by atoms with van der Waals surface area (Å²) < 4.78 is 26.5. The molecule has 0 saturated heterocycles. The topological polar surface area (TPSA) is 43.1 Å². The SMILES string of the molecule is CSc1nnc(C(F)F)n1/N=C\c1sccc1C. The van der Waals surface area contributed by atoms with Gasteiger partial charge in [-0.25, -0.2) is 8.78 Å². The molecule has 0 N–H and O–H groups in total. The Bertz CT molecular complexity index is 562. The largest absolute Gasteiger partial charge is 0.299 e. The summed E-state index contributed by atoms with van der Waals surface area (Å²) in [5.41, 5.74) is 1.06. The Hall–Kier alpha value is -1.28. The van der Waals surface area contributed by atoms with Gasteiger partial charge in [0.1, 0.15) is 0 Å². The third-order valence-corrected chi connectivity index (χ3v) is 3.78. The van der Waals surface area contributed by atoms with Crippen molar-refractivity contribution in [3.05, 3.63) is 27.7 Å². The first kappa shape index (κ1) is 13.2. The molecule has 0 unspecified atom stereocenters. The fourth-order valence-corrected chi connectivity index (χ4v) is 2.49. The van der Waals surface area contributed by atoms with Gasteiger partial charge in [0, 0.05) is 0 Å². The molecule has 4 nitrogen and oxygen atoms in total. The third-order valence-electron chi connectivity index (χ3n) is 2.21. The molecule has 0 bridgehead atoms. The van der Waals surface area contributed by atoms with E-state index in [2.05, 4.69) is 15.3 Å². The Kier molecular flexibility index (Phi) is 4.07. The molecule has 8 heteroatoms. The van der Waals surface area contributed by atoms with Crippen molar-refractivity contribution in [2.45, 2.75) is 18.5 Å². The van der Waals surface area contributed by atoms with Crippen LogP contribution in [0, 0.1) is 6.92 Å². The van der Waals surface area contributed by atoms with E-state index < -0.39 is 12.2 Å². The number of hydrogen-bond donors (Lipinski definition) is 0. The van der Waals surface area contributed by atoms with Gasteiger partial charge in [0.05, 0.1) is 11.1 Å². The highest BCUT2D eigenvalue weighted by molar-refractivity contribution is 7.98. The van der Waals surface area contributed by atoms with E-state index in [1.54, 1.807) is 12.5 Å². The quantitative estimate of drug-likeness (QED) is 0.641. The van der Waals surface area contributed by atoms with Crippen molar-refractivity contribution in [3.8, 4) is 0 Å². The van der Waals surface area contributed by atoms with E-state index in [0.717, 1.165) is 15.1 Å². The van der Waals surface area contributed by atoms with Crippen LogP contribution in [0.2, 0.25) is 0 Å². The van der Waals surface area contributed by atoms with Gasteiger partial charge in [-0.15, -0.1) is 21.5 Å². The fourth-order valence-electron chi connectivity index (χ4n) is 1.28. The van der Waals surface area contributed by atoms with Gasteiger partial charge in [-0.1, -0.05) is 11.8 Å². The van der Waals surface area contributed by atoms with Crippen molar-refractivity contribution >= 4 is 29.3 Å². The lowest BCUT2D eigenvalue weighted by molar-refractivity contribution is 0.135. The number of thioether (sulfide) groups is 1. The average Bonchev–Trinajstić information content (AvgIpc) is 2.92. The van der Waals surface area contributed by atoms with Gasteiger partial charge in [0.15, 0.2) is 0 Å². The molecular formula is C10H10F2N4S2. The Labute approximate surface area is 111 Å². The molecule has 2 heterocycles. The average molecular weight is 288 g/mol. The van der Waals surface area contributed by atoms with Gasteiger partial charge in [-0.05, 0) is 30.2 Å². The minimum Gasteiger partial charge on any atom is -0.201 e. The maximum atomic E-state index is 12.7. The Morgan fingerprint density at radius 3 is 2.83 bits per heavy atom. The molecule has 0 radical (unpaired) electrons. The van der Waals surface area contributed by atoms with Crippen LogP contribution in [0.15, 0.2) is 21.7 Å². The number of hydrogen-bond acceptors (Lipinski definition) is 5. The van der Waals surface area contributed by atoms with E-state index in [1.165, 1.54) is 23.1 Å². The van der Waals surface area contributed by atoms with Crippen molar-refractivity contribution in [2.24, 2.45) is 5.10 Å².